The minimum absolute atomic E-state index is 0. The minimum Gasteiger partial charge on any atom is -0.342 e. The van der Waals surface area contributed by atoms with Gasteiger partial charge in [-0.25, -0.2) is 9.37 Å². The largest absolute Gasteiger partial charge is 0.342 e. The number of rotatable bonds is 9. The molecule has 0 bridgehead atoms. The Morgan fingerprint density at radius 2 is 1.76 bits per heavy atom. The van der Waals surface area contributed by atoms with Crippen LogP contribution >= 0.6 is 0 Å². The van der Waals surface area contributed by atoms with Crippen LogP contribution in [-0.2, 0) is 6.42 Å². The first-order valence-corrected chi connectivity index (χ1v) is 9.41. The molecule has 3 heteroatoms. The van der Waals surface area contributed by atoms with Crippen molar-refractivity contribution in [3.05, 3.63) is 65.7 Å². The molecule has 0 aliphatic carbocycles. The number of imidazole rings is 1. The lowest BCUT2D eigenvalue weighted by Crippen LogP contribution is -1.96. The van der Waals surface area contributed by atoms with E-state index in [4.69, 9.17) is 0 Å². The predicted octanol–water partition coefficient (Wildman–Crippen LogP) is 6.63. The molecule has 3 aromatic rings. The molecule has 0 radical (unpaired) electrons. The van der Waals surface area contributed by atoms with Crippen molar-refractivity contribution in [1.29, 1.82) is 0 Å². The van der Waals surface area contributed by atoms with E-state index < -0.39 is 0 Å². The van der Waals surface area contributed by atoms with Crippen molar-refractivity contribution in [1.82, 2.24) is 9.97 Å². The number of hydrogen-bond acceptors (Lipinski definition) is 1. The SMILES string of the molecule is CC(CCCCCCCc1ccccc1)c1nc2ccc(F)cc2[nH]1.[HH]. The average Bonchev–Trinajstić information content (AvgIpc) is 3.05. The molecule has 1 heterocycles. The summed E-state index contributed by atoms with van der Waals surface area (Å²) in [5.74, 6) is 1.15. The van der Waals surface area contributed by atoms with Gasteiger partial charge in [-0.1, -0.05) is 62.9 Å². The Labute approximate surface area is 151 Å². The topological polar surface area (TPSA) is 28.7 Å². The maximum absolute atomic E-state index is 13.3. The van der Waals surface area contributed by atoms with Gasteiger partial charge in [0.1, 0.15) is 11.6 Å². The van der Waals surface area contributed by atoms with Crippen LogP contribution in [0.15, 0.2) is 48.5 Å². The normalized spacial score (nSPS) is 12.6. The molecule has 0 amide bonds. The van der Waals surface area contributed by atoms with Crippen LogP contribution in [0.4, 0.5) is 4.39 Å². The third-order valence-corrected chi connectivity index (χ3v) is 4.87. The van der Waals surface area contributed by atoms with Crippen molar-refractivity contribution in [2.24, 2.45) is 0 Å². The highest BCUT2D eigenvalue weighted by Crippen LogP contribution is 2.23. The zero-order chi connectivity index (χ0) is 17.5. The molecule has 1 aromatic heterocycles. The van der Waals surface area contributed by atoms with Crippen LogP contribution in [-0.4, -0.2) is 9.97 Å². The molecule has 0 fully saturated rings. The van der Waals surface area contributed by atoms with Crippen molar-refractivity contribution < 1.29 is 5.82 Å². The zero-order valence-corrected chi connectivity index (χ0v) is 15.0. The fraction of sp³-hybridized carbons (Fsp3) is 0.409. The quantitative estimate of drug-likeness (QED) is 0.435. The van der Waals surface area contributed by atoms with Gasteiger partial charge in [-0.05, 0) is 43.0 Å². The fourth-order valence-electron chi connectivity index (χ4n) is 3.33. The Morgan fingerprint density at radius 3 is 2.60 bits per heavy atom. The first-order chi connectivity index (χ1) is 12.2. The van der Waals surface area contributed by atoms with Crippen LogP contribution in [0, 0.1) is 5.82 Å². The molecule has 25 heavy (non-hydrogen) atoms. The summed E-state index contributed by atoms with van der Waals surface area (Å²) < 4.78 is 13.3. The third kappa shape index (κ3) is 5.15. The summed E-state index contributed by atoms with van der Waals surface area (Å²) >= 11 is 0. The zero-order valence-electron chi connectivity index (χ0n) is 15.0. The Bertz CT molecular complexity index is 785. The van der Waals surface area contributed by atoms with Crippen LogP contribution in [0.2, 0.25) is 0 Å². The predicted molar refractivity (Wildman–Crippen MR) is 104 cm³/mol. The van der Waals surface area contributed by atoms with E-state index in [9.17, 15) is 4.39 Å². The van der Waals surface area contributed by atoms with Crippen LogP contribution in [0.5, 0.6) is 0 Å². The van der Waals surface area contributed by atoms with E-state index in [1.54, 1.807) is 6.07 Å². The van der Waals surface area contributed by atoms with E-state index in [0.29, 0.717) is 5.92 Å². The number of benzene rings is 2. The molecule has 1 unspecified atom stereocenters. The number of nitrogens with one attached hydrogen (secondary N) is 1. The Morgan fingerprint density at radius 1 is 1.00 bits per heavy atom. The molecular weight excluding hydrogens is 311 g/mol. The molecule has 1 atom stereocenters. The minimum atomic E-state index is -0.217. The average molecular weight is 340 g/mol. The van der Waals surface area contributed by atoms with Gasteiger partial charge in [0.25, 0.3) is 0 Å². The van der Waals surface area contributed by atoms with E-state index in [-0.39, 0.29) is 7.24 Å². The van der Waals surface area contributed by atoms with Crippen molar-refractivity contribution >= 4 is 11.0 Å². The fourth-order valence-corrected chi connectivity index (χ4v) is 3.33. The number of aromatic nitrogens is 2. The van der Waals surface area contributed by atoms with E-state index in [1.165, 1.54) is 56.2 Å². The molecule has 2 aromatic carbocycles. The number of nitrogens with zero attached hydrogens (tertiary/aromatic N) is 1. The highest BCUT2D eigenvalue weighted by atomic mass is 19.1. The first-order valence-electron chi connectivity index (χ1n) is 9.41. The maximum atomic E-state index is 13.3. The second-order valence-electron chi connectivity index (χ2n) is 6.98. The van der Waals surface area contributed by atoms with E-state index in [1.807, 2.05) is 0 Å². The molecule has 3 rings (SSSR count). The molecular formula is C22H29FN2. The van der Waals surface area contributed by atoms with Crippen LogP contribution in [0.25, 0.3) is 11.0 Å². The second kappa shape index (κ2) is 8.80. The molecule has 0 aliphatic rings. The number of hydrogen-bond donors (Lipinski definition) is 1. The number of H-pyrrole nitrogens is 1. The summed E-state index contributed by atoms with van der Waals surface area (Å²) in [5, 5.41) is 0. The molecule has 134 valence electrons. The van der Waals surface area contributed by atoms with Crippen LogP contribution in [0.3, 0.4) is 0 Å². The van der Waals surface area contributed by atoms with Crippen LogP contribution in [0.1, 0.15) is 64.2 Å². The number of fused-ring (bicyclic) bond motifs is 1. The summed E-state index contributed by atoms with van der Waals surface area (Å²) in [6.07, 6.45) is 8.67. The molecule has 0 saturated carbocycles. The van der Waals surface area contributed by atoms with E-state index in [0.717, 1.165) is 23.3 Å². The summed E-state index contributed by atoms with van der Waals surface area (Å²) in [7, 11) is 0. The van der Waals surface area contributed by atoms with E-state index in [2.05, 4.69) is 47.2 Å². The maximum Gasteiger partial charge on any atom is 0.125 e. The number of aryl methyl sites for hydroxylation is 1. The lowest BCUT2D eigenvalue weighted by Gasteiger charge is -2.08. The second-order valence-corrected chi connectivity index (χ2v) is 6.98. The van der Waals surface area contributed by atoms with E-state index >= 15 is 0 Å². The van der Waals surface area contributed by atoms with Gasteiger partial charge >= 0.3 is 0 Å². The lowest BCUT2D eigenvalue weighted by atomic mass is 10.0. The van der Waals surface area contributed by atoms with Gasteiger partial charge in [-0.15, -0.1) is 0 Å². The van der Waals surface area contributed by atoms with Gasteiger partial charge in [0.15, 0.2) is 0 Å². The summed E-state index contributed by atoms with van der Waals surface area (Å²) in [4.78, 5) is 7.86. The molecule has 0 spiro atoms. The van der Waals surface area contributed by atoms with Crippen molar-refractivity contribution in [2.45, 2.75) is 57.8 Å². The Kier molecular flexibility index (Phi) is 6.21. The number of unbranched alkanes of at least 4 members (excludes halogenated alkanes) is 4. The van der Waals surface area contributed by atoms with Crippen molar-refractivity contribution in [3.8, 4) is 0 Å². The summed E-state index contributed by atoms with van der Waals surface area (Å²) in [6.45, 7) is 2.20. The highest BCUT2D eigenvalue weighted by molar-refractivity contribution is 5.75. The standard InChI is InChI=1S/C22H27FN2.H2/c1-17(22-24-20-15-14-19(23)16-21(20)25-22)10-6-3-2-4-7-11-18-12-8-5-9-13-18;/h5,8-9,12-17H,2-4,6-7,10-11H2,1H3,(H,24,25);1H. The Balaban J connectivity index is 0.00000243. The molecule has 0 saturated heterocycles. The number of halogens is 1. The van der Waals surface area contributed by atoms with Gasteiger partial charge in [0, 0.05) is 7.34 Å². The monoisotopic (exact) mass is 340 g/mol. The highest BCUT2D eigenvalue weighted by Gasteiger charge is 2.11. The first kappa shape index (κ1) is 17.7. The smallest absolute Gasteiger partial charge is 0.125 e. The van der Waals surface area contributed by atoms with Gasteiger partial charge in [-0.3, -0.25) is 0 Å². The van der Waals surface area contributed by atoms with Crippen LogP contribution < -0.4 is 0 Å². The van der Waals surface area contributed by atoms with Gasteiger partial charge in [0.05, 0.1) is 11.0 Å². The summed E-state index contributed by atoms with van der Waals surface area (Å²) in [5.41, 5.74) is 3.09. The van der Waals surface area contributed by atoms with Crippen molar-refractivity contribution in [2.75, 3.05) is 0 Å². The van der Waals surface area contributed by atoms with Gasteiger partial charge < -0.3 is 4.98 Å². The summed E-state index contributed by atoms with van der Waals surface area (Å²) in [6, 6.07) is 15.4. The van der Waals surface area contributed by atoms with Crippen molar-refractivity contribution in [3.63, 3.8) is 0 Å². The van der Waals surface area contributed by atoms with Gasteiger partial charge in [0.2, 0.25) is 0 Å². The molecule has 2 nitrogen and oxygen atoms in total. The van der Waals surface area contributed by atoms with Gasteiger partial charge in [-0.2, -0.15) is 0 Å². The number of aromatic amines is 1. The molecule has 0 aliphatic heterocycles. The third-order valence-electron chi connectivity index (χ3n) is 4.87. The Hall–Kier alpha value is -2.16. The molecule has 1 N–H and O–H groups in total. The lowest BCUT2D eigenvalue weighted by molar-refractivity contribution is 0.549.